The second kappa shape index (κ2) is 7.60. The van der Waals surface area contributed by atoms with E-state index in [2.05, 4.69) is 74.7 Å². The lowest BCUT2D eigenvalue weighted by atomic mass is 9.90. The average Bonchev–Trinajstić information content (AvgIpc) is 2.86. The molecule has 0 bridgehead atoms. The Hall–Kier alpha value is -1.49. The van der Waals surface area contributed by atoms with E-state index >= 15 is 0 Å². The molecule has 2 aromatic rings. The molecule has 0 aliphatic heterocycles. The van der Waals surface area contributed by atoms with Crippen LogP contribution in [0.1, 0.15) is 57.5 Å². The highest BCUT2D eigenvalue weighted by molar-refractivity contribution is 7.81. The molecule has 0 radical (unpaired) electrons. The molecule has 1 heterocycles. The van der Waals surface area contributed by atoms with Crippen molar-refractivity contribution >= 4 is 29.6 Å². The number of aryl methyl sites for hydroxylation is 2. The lowest BCUT2D eigenvalue weighted by molar-refractivity contribution is -0.121. The summed E-state index contributed by atoms with van der Waals surface area (Å²) in [6, 6.07) is 4.17. The van der Waals surface area contributed by atoms with Crippen LogP contribution < -0.4 is 5.32 Å². The van der Waals surface area contributed by atoms with Crippen molar-refractivity contribution in [3.8, 4) is 0 Å². The number of benzene rings is 1. The molecule has 0 saturated carbocycles. The zero-order valence-corrected chi connectivity index (χ0v) is 16.3. The first-order valence-electron chi connectivity index (χ1n) is 8.63. The first-order chi connectivity index (χ1) is 11.2. The highest BCUT2D eigenvalue weighted by Gasteiger charge is 2.21. The molecule has 1 amide bonds. The van der Waals surface area contributed by atoms with E-state index in [9.17, 15) is 4.79 Å². The fourth-order valence-electron chi connectivity index (χ4n) is 2.85. The van der Waals surface area contributed by atoms with Crippen LogP contribution in [0.5, 0.6) is 0 Å². The van der Waals surface area contributed by atoms with Crippen LogP contribution in [0.2, 0.25) is 0 Å². The highest BCUT2D eigenvalue weighted by atomic mass is 32.1. The Balaban J connectivity index is 2.06. The molecular formula is C19H29N3OS. The number of aromatic amines is 1. The Kier molecular flexibility index (Phi) is 5.97. The Morgan fingerprint density at radius 1 is 1.38 bits per heavy atom. The highest BCUT2D eigenvalue weighted by Crippen LogP contribution is 2.24. The van der Waals surface area contributed by atoms with Crippen molar-refractivity contribution in [2.45, 2.75) is 65.7 Å². The Morgan fingerprint density at radius 2 is 2.08 bits per heavy atom. The van der Waals surface area contributed by atoms with Crippen LogP contribution in [0.3, 0.4) is 0 Å². The van der Waals surface area contributed by atoms with Gasteiger partial charge in [-0.05, 0) is 42.4 Å². The second-order valence-electron chi connectivity index (χ2n) is 7.74. The molecule has 2 rings (SSSR count). The van der Waals surface area contributed by atoms with Gasteiger partial charge in [0.05, 0.1) is 16.3 Å². The van der Waals surface area contributed by atoms with E-state index in [-0.39, 0.29) is 16.6 Å². The predicted octanol–water partition coefficient (Wildman–Crippen LogP) is 4.17. The largest absolute Gasteiger partial charge is 0.351 e. The molecule has 0 saturated heterocycles. The normalized spacial score (nSPS) is 13.2. The van der Waals surface area contributed by atoms with Gasteiger partial charge < -0.3 is 10.3 Å². The van der Waals surface area contributed by atoms with Gasteiger partial charge in [0.15, 0.2) is 0 Å². The molecule has 0 spiro atoms. The van der Waals surface area contributed by atoms with Crippen molar-refractivity contribution in [3.05, 3.63) is 29.1 Å². The van der Waals surface area contributed by atoms with Crippen molar-refractivity contribution in [2.24, 2.45) is 5.41 Å². The van der Waals surface area contributed by atoms with Crippen molar-refractivity contribution in [2.75, 3.05) is 0 Å². The maximum Gasteiger partial charge on any atom is 0.233 e. The number of rotatable bonds is 6. The zero-order valence-electron chi connectivity index (χ0n) is 15.4. The summed E-state index contributed by atoms with van der Waals surface area (Å²) >= 11 is 4.44. The zero-order chi connectivity index (χ0) is 17.9. The fraction of sp³-hybridized carbons (Fsp3) is 0.579. The van der Waals surface area contributed by atoms with Gasteiger partial charge in [0.2, 0.25) is 5.91 Å². The third-order valence-electron chi connectivity index (χ3n) is 3.95. The van der Waals surface area contributed by atoms with Crippen molar-refractivity contribution < 1.29 is 4.79 Å². The number of amides is 1. The Labute approximate surface area is 150 Å². The molecule has 0 aliphatic carbocycles. The summed E-state index contributed by atoms with van der Waals surface area (Å²) < 4.78 is 0. The number of hydrogen-bond acceptors (Lipinski definition) is 3. The van der Waals surface area contributed by atoms with Crippen LogP contribution in [0, 0.1) is 12.3 Å². The number of nitrogens with one attached hydrogen (secondary N) is 2. The SMILES string of the molecule is CCCc1nc2c(C)cc(CNC(=O)[C@H](S)CC(C)(C)C)cc2[nH]1. The number of hydrogen-bond donors (Lipinski definition) is 3. The molecule has 24 heavy (non-hydrogen) atoms. The summed E-state index contributed by atoms with van der Waals surface area (Å²) in [6.07, 6.45) is 2.77. The number of fused-ring (bicyclic) bond motifs is 1. The number of carbonyl (C=O) groups excluding carboxylic acids is 1. The number of H-pyrrole nitrogens is 1. The van der Waals surface area contributed by atoms with Crippen LogP contribution in [0.25, 0.3) is 11.0 Å². The van der Waals surface area contributed by atoms with Crippen molar-refractivity contribution in [1.82, 2.24) is 15.3 Å². The number of carbonyl (C=O) groups is 1. The predicted molar refractivity (Wildman–Crippen MR) is 104 cm³/mol. The number of nitrogens with zero attached hydrogens (tertiary/aromatic N) is 1. The smallest absolute Gasteiger partial charge is 0.233 e. The van der Waals surface area contributed by atoms with Gasteiger partial charge in [0.1, 0.15) is 5.82 Å². The average molecular weight is 348 g/mol. The van der Waals surface area contributed by atoms with E-state index in [1.165, 1.54) is 0 Å². The molecule has 0 aliphatic rings. The fourth-order valence-corrected chi connectivity index (χ4v) is 3.49. The third-order valence-corrected chi connectivity index (χ3v) is 4.36. The topological polar surface area (TPSA) is 57.8 Å². The van der Waals surface area contributed by atoms with E-state index < -0.39 is 0 Å². The molecule has 4 nitrogen and oxygen atoms in total. The van der Waals surface area contributed by atoms with Gasteiger partial charge in [-0.25, -0.2) is 4.98 Å². The van der Waals surface area contributed by atoms with Gasteiger partial charge in [-0.15, -0.1) is 0 Å². The molecule has 132 valence electrons. The Bertz CT molecular complexity index is 715. The van der Waals surface area contributed by atoms with Crippen molar-refractivity contribution in [1.29, 1.82) is 0 Å². The van der Waals surface area contributed by atoms with Gasteiger partial charge in [-0.1, -0.05) is 33.8 Å². The molecular weight excluding hydrogens is 318 g/mol. The molecule has 5 heteroatoms. The minimum Gasteiger partial charge on any atom is -0.351 e. The van der Waals surface area contributed by atoms with Gasteiger partial charge in [0, 0.05) is 13.0 Å². The molecule has 0 fully saturated rings. The summed E-state index contributed by atoms with van der Waals surface area (Å²) in [7, 11) is 0. The van der Waals surface area contributed by atoms with E-state index in [0.717, 1.165) is 47.2 Å². The molecule has 1 atom stereocenters. The van der Waals surface area contributed by atoms with Crippen molar-refractivity contribution in [3.63, 3.8) is 0 Å². The lowest BCUT2D eigenvalue weighted by Crippen LogP contribution is -2.33. The summed E-state index contributed by atoms with van der Waals surface area (Å²) in [5.74, 6) is 1.01. The third kappa shape index (κ3) is 5.00. The monoisotopic (exact) mass is 347 g/mol. The minimum atomic E-state index is -0.280. The first-order valence-corrected chi connectivity index (χ1v) is 9.15. The maximum atomic E-state index is 12.2. The van der Waals surface area contributed by atoms with Crippen LogP contribution in [-0.2, 0) is 17.8 Å². The van der Waals surface area contributed by atoms with E-state index in [1.807, 2.05) is 0 Å². The van der Waals surface area contributed by atoms with Crippen LogP contribution in [0.4, 0.5) is 0 Å². The van der Waals surface area contributed by atoms with Crippen LogP contribution in [-0.4, -0.2) is 21.1 Å². The summed E-state index contributed by atoms with van der Waals surface area (Å²) in [5.41, 5.74) is 4.36. The minimum absolute atomic E-state index is 0.0118. The second-order valence-corrected chi connectivity index (χ2v) is 8.36. The molecule has 1 aromatic heterocycles. The van der Waals surface area contributed by atoms with Gasteiger partial charge in [-0.2, -0.15) is 12.6 Å². The Morgan fingerprint density at radius 3 is 2.71 bits per heavy atom. The van der Waals surface area contributed by atoms with Crippen LogP contribution >= 0.6 is 12.6 Å². The van der Waals surface area contributed by atoms with Gasteiger partial charge in [0.25, 0.3) is 0 Å². The standard InChI is InChI=1S/C19H29N3OS/c1-6-7-16-21-14-9-13(8-12(2)17(14)22-16)11-20-18(23)15(24)10-19(3,4)5/h8-9,15,24H,6-7,10-11H2,1-5H3,(H,20,23)(H,21,22)/t15-/m1/s1. The summed E-state index contributed by atoms with van der Waals surface area (Å²) in [5, 5.41) is 2.72. The van der Waals surface area contributed by atoms with Crippen LogP contribution in [0.15, 0.2) is 12.1 Å². The lowest BCUT2D eigenvalue weighted by Gasteiger charge is -2.22. The quantitative estimate of drug-likeness (QED) is 0.687. The summed E-state index contributed by atoms with van der Waals surface area (Å²) in [6.45, 7) is 11.1. The number of thiol groups is 1. The molecule has 0 unspecified atom stereocenters. The van der Waals surface area contributed by atoms with Gasteiger partial charge >= 0.3 is 0 Å². The van der Waals surface area contributed by atoms with Gasteiger partial charge in [-0.3, -0.25) is 4.79 Å². The van der Waals surface area contributed by atoms with E-state index in [4.69, 9.17) is 0 Å². The summed E-state index contributed by atoms with van der Waals surface area (Å²) in [4.78, 5) is 20.3. The number of imidazole rings is 1. The molecule has 1 aromatic carbocycles. The maximum absolute atomic E-state index is 12.2. The van der Waals surface area contributed by atoms with E-state index in [0.29, 0.717) is 6.54 Å². The number of aromatic nitrogens is 2. The first kappa shape index (κ1) is 18.8. The van der Waals surface area contributed by atoms with E-state index in [1.54, 1.807) is 0 Å². The molecule has 2 N–H and O–H groups in total.